The van der Waals surface area contributed by atoms with E-state index in [1.807, 2.05) is 29.6 Å². The van der Waals surface area contributed by atoms with Gasteiger partial charge in [0, 0.05) is 30.6 Å². The molecule has 0 radical (unpaired) electrons. The van der Waals surface area contributed by atoms with Crippen LogP contribution in [-0.2, 0) is 19.0 Å². The smallest absolute Gasteiger partial charge is 0.123 e. The monoisotopic (exact) mass is 372 g/mol. The van der Waals surface area contributed by atoms with Crippen LogP contribution in [0.3, 0.4) is 0 Å². The summed E-state index contributed by atoms with van der Waals surface area (Å²) in [6.07, 6.45) is 0. The Morgan fingerprint density at radius 2 is 1.76 bits per heavy atom. The second-order valence-electron chi connectivity index (χ2n) is 5.85. The van der Waals surface area contributed by atoms with Crippen LogP contribution in [0.1, 0.15) is 16.8 Å². The van der Waals surface area contributed by atoms with E-state index >= 15 is 0 Å². The minimum absolute atomic E-state index is 0.142. The maximum absolute atomic E-state index is 9.45. The van der Waals surface area contributed by atoms with Crippen molar-refractivity contribution in [3.8, 4) is 10.6 Å². The third-order valence-electron chi connectivity index (χ3n) is 4.00. The van der Waals surface area contributed by atoms with Crippen LogP contribution in [0.25, 0.3) is 10.6 Å². The Hall–Kier alpha value is -1.72. The van der Waals surface area contributed by atoms with Gasteiger partial charge in [-0.25, -0.2) is 4.98 Å². The van der Waals surface area contributed by atoms with Gasteiger partial charge in [-0.2, -0.15) is 0 Å². The first-order chi connectivity index (χ1) is 12.3. The number of aliphatic hydroxyl groups excluding tert-OH is 1. The number of nitrogens with zero attached hydrogens (tertiary/aromatic N) is 2. The highest BCUT2D eigenvalue weighted by Gasteiger charge is 2.13. The lowest BCUT2D eigenvalue weighted by molar-refractivity contribution is 0.184. The van der Waals surface area contributed by atoms with Crippen molar-refractivity contribution in [2.75, 3.05) is 13.2 Å². The molecule has 5 heteroatoms. The number of aromatic nitrogens is 1. The fourth-order valence-corrected chi connectivity index (χ4v) is 3.91. The molecule has 0 bridgehead atoms. The Balaban J connectivity index is 1.82. The van der Waals surface area contributed by atoms with E-state index in [-0.39, 0.29) is 6.61 Å². The lowest BCUT2D eigenvalue weighted by Gasteiger charge is -2.22. The molecule has 0 aliphatic carbocycles. The van der Waals surface area contributed by atoms with Gasteiger partial charge in [0.05, 0.1) is 18.2 Å². The summed E-state index contributed by atoms with van der Waals surface area (Å²) in [4.78, 5) is 6.87. The van der Waals surface area contributed by atoms with Gasteiger partial charge in [-0.05, 0) is 11.1 Å². The number of aliphatic hydroxyl groups is 1. The van der Waals surface area contributed by atoms with E-state index < -0.39 is 0 Å². The number of benzene rings is 2. The van der Waals surface area contributed by atoms with Gasteiger partial charge < -0.3 is 5.11 Å². The number of thiazole rings is 1. The molecule has 0 saturated carbocycles. The van der Waals surface area contributed by atoms with E-state index in [4.69, 9.17) is 11.6 Å². The van der Waals surface area contributed by atoms with Gasteiger partial charge in [-0.3, -0.25) is 4.90 Å². The van der Waals surface area contributed by atoms with Gasteiger partial charge in [0.1, 0.15) is 5.01 Å². The molecule has 1 heterocycles. The third-order valence-corrected chi connectivity index (χ3v) is 5.19. The van der Waals surface area contributed by atoms with Crippen LogP contribution in [0, 0.1) is 0 Å². The van der Waals surface area contributed by atoms with Crippen molar-refractivity contribution in [1.29, 1.82) is 0 Å². The van der Waals surface area contributed by atoms with Gasteiger partial charge in [-0.1, -0.05) is 54.6 Å². The van der Waals surface area contributed by atoms with Gasteiger partial charge in [0.25, 0.3) is 0 Å². The van der Waals surface area contributed by atoms with Gasteiger partial charge in [0.2, 0.25) is 0 Å². The summed E-state index contributed by atoms with van der Waals surface area (Å²) in [7, 11) is 0. The molecule has 0 aliphatic heterocycles. The van der Waals surface area contributed by atoms with E-state index in [1.165, 1.54) is 11.1 Å². The van der Waals surface area contributed by atoms with Crippen molar-refractivity contribution in [2.45, 2.75) is 19.0 Å². The third kappa shape index (κ3) is 4.89. The lowest BCUT2D eigenvalue weighted by Crippen LogP contribution is -2.26. The number of alkyl halides is 1. The molecule has 25 heavy (non-hydrogen) atoms. The lowest BCUT2D eigenvalue weighted by atomic mass is 10.1. The van der Waals surface area contributed by atoms with Crippen LogP contribution < -0.4 is 0 Å². The zero-order chi connectivity index (χ0) is 17.5. The molecule has 3 nitrogen and oxygen atoms in total. The Kier molecular flexibility index (Phi) is 6.59. The quantitative estimate of drug-likeness (QED) is 0.589. The van der Waals surface area contributed by atoms with Crippen LogP contribution in [0.15, 0.2) is 60.0 Å². The highest BCUT2D eigenvalue weighted by Crippen LogP contribution is 2.28. The van der Waals surface area contributed by atoms with Crippen LogP contribution in [0.5, 0.6) is 0 Å². The van der Waals surface area contributed by atoms with E-state index in [0.29, 0.717) is 12.4 Å². The largest absolute Gasteiger partial charge is 0.395 e. The summed E-state index contributed by atoms with van der Waals surface area (Å²) in [5.41, 5.74) is 4.50. The van der Waals surface area contributed by atoms with E-state index in [0.717, 1.165) is 29.4 Å². The van der Waals surface area contributed by atoms with Crippen molar-refractivity contribution in [1.82, 2.24) is 9.88 Å². The normalized spacial score (nSPS) is 11.2. The molecule has 3 aromatic rings. The highest BCUT2D eigenvalue weighted by molar-refractivity contribution is 7.13. The van der Waals surface area contributed by atoms with E-state index in [9.17, 15) is 5.11 Å². The molecule has 2 aromatic carbocycles. The van der Waals surface area contributed by atoms with Crippen LogP contribution in [-0.4, -0.2) is 28.1 Å². The molecule has 1 aromatic heterocycles. The fourth-order valence-electron chi connectivity index (χ4n) is 2.80. The number of halogens is 1. The van der Waals surface area contributed by atoms with Gasteiger partial charge in [0.15, 0.2) is 0 Å². The predicted octanol–water partition coefficient (Wildman–Crippen LogP) is 4.54. The SMILES string of the molecule is OCCN(Cc1ccccc1)Cc1ccccc1-c1nc(CCl)cs1. The van der Waals surface area contributed by atoms with Crippen LogP contribution in [0.4, 0.5) is 0 Å². The Morgan fingerprint density at radius 3 is 2.48 bits per heavy atom. The fraction of sp³-hybridized carbons (Fsp3) is 0.250. The average molecular weight is 373 g/mol. The number of hydrogen-bond acceptors (Lipinski definition) is 4. The molecule has 0 saturated heterocycles. The first-order valence-corrected chi connectivity index (χ1v) is 9.67. The number of hydrogen-bond donors (Lipinski definition) is 1. The van der Waals surface area contributed by atoms with E-state index in [1.54, 1.807) is 11.3 Å². The molecule has 0 spiro atoms. The molecular formula is C20H21ClN2OS. The standard InChI is InChI=1S/C20H21ClN2OS/c21-12-18-15-25-20(22-18)19-9-5-4-8-17(19)14-23(10-11-24)13-16-6-2-1-3-7-16/h1-9,15,24H,10-14H2. The second-order valence-corrected chi connectivity index (χ2v) is 6.98. The summed E-state index contributed by atoms with van der Waals surface area (Å²) >= 11 is 7.51. The molecule has 3 rings (SSSR count). The maximum Gasteiger partial charge on any atom is 0.123 e. The van der Waals surface area contributed by atoms with Gasteiger partial charge in [-0.15, -0.1) is 22.9 Å². The van der Waals surface area contributed by atoms with E-state index in [2.05, 4.69) is 40.2 Å². The molecule has 0 aliphatic rings. The Labute approximate surface area is 157 Å². The van der Waals surface area contributed by atoms with Crippen LogP contribution >= 0.6 is 22.9 Å². The zero-order valence-corrected chi connectivity index (χ0v) is 15.5. The summed E-state index contributed by atoms with van der Waals surface area (Å²) < 4.78 is 0. The summed E-state index contributed by atoms with van der Waals surface area (Å²) in [6, 6.07) is 18.7. The van der Waals surface area contributed by atoms with Crippen molar-refractivity contribution < 1.29 is 5.11 Å². The molecule has 0 atom stereocenters. The summed E-state index contributed by atoms with van der Waals surface area (Å²) in [5, 5.41) is 12.5. The van der Waals surface area contributed by atoms with Crippen molar-refractivity contribution in [3.63, 3.8) is 0 Å². The summed E-state index contributed by atoms with van der Waals surface area (Å²) in [5.74, 6) is 0.434. The van der Waals surface area contributed by atoms with Crippen molar-refractivity contribution in [2.24, 2.45) is 0 Å². The first kappa shape index (κ1) is 18.1. The Morgan fingerprint density at radius 1 is 1.00 bits per heavy atom. The first-order valence-electron chi connectivity index (χ1n) is 8.26. The zero-order valence-electron chi connectivity index (χ0n) is 13.9. The molecule has 130 valence electrons. The minimum Gasteiger partial charge on any atom is -0.395 e. The molecule has 0 unspecified atom stereocenters. The minimum atomic E-state index is 0.142. The second kappa shape index (κ2) is 9.11. The molecule has 0 amide bonds. The average Bonchev–Trinajstić information content (AvgIpc) is 3.12. The maximum atomic E-state index is 9.45. The van der Waals surface area contributed by atoms with Crippen molar-refractivity contribution in [3.05, 3.63) is 76.8 Å². The molecule has 0 fully saturated rings. The molecule has 1 N–H and O–H groups in total. The Bertz CT molecular complexity index is 791. The van der Waals surface area contributed by atoms with Crippen molar-refractivity contribution >= 4 is 22.9 Å². The predicted molar refractivity (Wildman–Crippen MR) is 105 cm³/mol. The molecular weight excluding hydrogens is 352 g/mol. The summed E-state index contributed by atoms with van der Waals surface area (Å²) in [6.45, 7) is 2.35. The van der Waals surface area contributed by atoms with Gasteiger partial charge >= 0.3 is 0 Å². The number of rotatable bonds is 8. The topological polar surface area (TPSA) is 36.4 Å². The van der Waals surface area contributed by atoms with Crippen LogP contribution in [0.2, 0.25) is 0 Å². The highest BCUT2D eigenvalue weighted by atomic mass is 35.5.